The van der Waals surface area contributed by atoms with Crippen molar-refractivity contribution in [1.29, 1.82) is 5.26 Å². The van der Waals surface area contributed by atoms with Crippen LogP contribution in [0.3, 0.4) is 0 Å². The standard InChI is InChI=1S/C17H21Br2NO/c1-11(2)12-5-7-17(10-20,8-6-12)16(21)13-3-4-14(18)15(19)9-13/h3-4,9,11-12,16,21H,5-8H2,1-2H3. The maximum atomic E-state index is 10.8. The molecular weight excluding hydrogens is 394 g/mol. The number of aliphatic hydroxyl groups is 1. The van der Waals surface area contributed by atoms with Crippen LogP contribution in [0.4, 0.5) is 0 Å². The van der Waals surface area contributed by atoms with E-state index >= 15 is 0 Å². The lowest BCUT2D eigenvalue weighted by Crippen LogP contribution is -2.33. The van der Waals surface area contributed by atoms with Crippen molar-refractivity contribution in [3.05, 3.63) is 32.7 Å². The molecule has 0 heterocycles. The molecule has 1 saturated carbocycles. The van der Waals surface area contributed by atoms with E-state index in [4.69, 9.17) is 0 Å². The van der Waals surface area contributed by atoms with Crippen LogP contribution >= 0.6 is 31.9 Å². The van der Waals surface area contributed by atoms with E-state index in [1.54, 1.807) is 0 Å². The largest absolute Gasteiger partial charge is 0.387 e. The Morgan fingerprint density at radius 3 is 2.33 bits per heavy atom. The molecule has 1 aliphatic rings. The monoisotopic (exact) mass is 413 g/mol. The van der Waals surface area contributed by atoms with Crippen molar-refractivity contribution < 1.29 is 5.11 Å². The summed E-state index contributed by atoms with van der Waals surface area (Å²) in [6, 6.07) is 8.14. The highest BCUT2D eigenvalue weighted by Crippen LogP contribution is 2.49. The van der Waals surface area contributed by atoms with Gasteiger partial charge in [0, 0.05) is 8.95 Å². The first-order valence-electron chi connectivity index (χ1n) is 7.44. The number of halogens is 2. The molecule has 1 aromatic carbocycles. The average Bonchev–Trinajstić information content (AvgIpc) is 2.49. The average molecular weight is 415 g/mol. The lowest BCUT2D eigenvalue weighted by Gasteiger charge is -2.39. The van der Waals surface area contributed by atoms with Gasteiger partial charge in [0.15, 0.2) is 0 Å². The van der Waals surface area contributed by atoms with E-state index in [0.717, 1.165) is 40.2 Å². The van der Waals surface area contributed by atoms with Crippen molar-refractivity contribution in [2.45, 2.75) is 45.6 Å². The van der Waals surface area contributed by atoms with Gasteiger partial charge in [-0.3, -0.25) is 0 Å². The fourth-order valence-electron chi connectivity index (χ4n) is 3.27. The molecule has 0 aromatic heterocycles. The summed E-state index contributed by atoms with van der Waals surface area (Å²) in [6.07, 6.45) is 2.89. The summed E-state index contributed by atoms with van der Waals surface area (Å²) in [7, 11) is 0. The zero-order valence-electron chi connectivity index (χ0n) is 12.4. The molecular formula is C17H21Br2NO. The number of aliphatic hydroxyl groups excluding tert-OH is 1. The number of benzene rings is 1. The Morgan fingerprint density at radius 2 is 1.86 bits per heavy atom. The molecule has 0 amide bonds. The summed E-state index contributed by atoms with van der Waals surface area (Å²) in [4.78, 5) is 0. The SMILES string of the molecule is CC(C)C1CCC(C#N)(C(O)c2ccc(Br)c(Br)c2)CC1. The highest BCUT2D eigenvalue weighted by atomic mass is 79.9. The molecule has 0 saturated heterocycles. The Hall–Kier alpha value is -0.370. The van der Waals surface area contributed by atoms with E-state index in [-0.39, 0.29) is 0 Å². The second kappa shape index (κ2) is 6.81. The molecule has 4 heteroatoms. The quantitative estimate of drug-likeness (QED) is 0.699. The van der Waals surface area contributed by atoms with Gasteiger partial charge < -0.3 is 5.11 Å². The lowest BCUT2D eigenvalue weighted by atomic mass is 9.65. The predicted molar refractivity (Wildman–Crippen MR) is 91.6 cm³/mol. The minimum atomic E-state index is -0.722. The molecule has 0 aliphatic heterocycles. The van der Waals surface area contributed by atoms with E-state index in [0.29, 0.717) is 11.8 Å². The molecule has 0 radical (unpaired) electrons. The van der Waals surface area contributed by atoms with Gasteiger partial charge in [-0.1, -0.05) is 19.9 Å². The maximum Gasteiger partial charge on any atom is 0.0976 e. The normalized spacial score (nSPS) is 27.4. The smallest absolute Gasteiger partial charge is 0.0976 e. The summed E-state index contributed by atoms with van der Waals surface area (Å²) >= 11 is 6.90. The zero-order chi connectivity index (χ0) is 15.6. The summed E-state index contributed by atoms with van der Waals surface area (Å²) in [6.45, 7) is 4.48. The summed E-state index contributed by atoms with van der Waals surface area (Å²) in [5.41, 5.74) is 0.174. The minimum absolute atomic E-state index is 0.640. The molecule has 2 rings (SSSR count). The van der Waals surface area contributed by atoms with Gasteiger partial charge in [-0.15, -0.1) is 0 Å². The Labute approximate surface area is 143 Å². The van der Waals surface area contributed by atoms with Crippen molar-refractivity contribution in [2.75, 3.05) is 0 Å². The molecule has 1 unspecified atom stereocenters. The van der Waals surface area contributed by atoms with Crippen LogP contribution in [0.5, 0.6) is 0 Å². The van der Waals surface area contributed by atoms with E-state index in [2.05, 4.69) is 51.8 Å². The van der Waals surface area contributed by atoms with Gasteiger partial charge in [-0.2, -0.15) is 5.26 Å². The number of hydrogen-bond donors (Lipinski definition) is 1. The van der Waals surface area contributed by atoms with Crippen LogP contribution in [0, 0.1) is 28.6 Å². The second-order valence-corrected chi connectivity index (χ2v) is 8.13. The third kappa shape index (κ3) is 3.52. The van der Waals surface area contributed by atoms with E-state index in [1.165, 1.54) is 0 Å². The van der Waals surface area contributed by atoms with Gasteiger partial charge in [-0.25, -0.2) is 0 Å². The molecule has 21 heavy (non-hydrogen) atoms. The molecule has 114 valence electrons. The maximum absolute atomic E-state index is 10.8. The molecule has 0 spiro atoms. The first-order chi connectivity index (χ1) is 9.89. The van der Waals surface area contributed by atoms with Gasteiger partial charge in [-0.05, 0) is 87.1 Å². The Bertz CT molecular complexity index is 542. The topological polar surface area (TPSA) is 44.0 Å². The van der Waals surface area contributed by atoms with E-state index in [9.17, 15) is 10.4 Å². The van der Waals surface area contributed by atoms with Crippen molar-refractivity contribution >= 4 is 31.9 Å². The molecule has 1 fully saturated rings. The van der Waals surface area contributed by atoms with Gasteiger partial charge in [0.05, 0.1) is 17.6 Å². The molecule has 1 N–H and O–H groups in total. The summed E-state index contributed by atoms with van der Waals surface area (Å²) < 4.78 is 1.86. The van der Waals surface area contributed by atoms with Gasteiger partial charge in [0.25, 0.3) is 0 Å². The van der Waals surface area contributed by atoms with Crippen molar-refractivity contribution in [2.24, 2.45) is 17.3 Å². The fourth-order valence-corrected chi connectivity index (χ4v) is 3.91. The number of hydrogen-bond acceptors (Lipinski definition) is 2. The van der Waals surface area contributed by atoms with E-state index < -0.39 is 11.5 Å². The number of nitrogens with zero attached hydrogens (tertiary/aromatic N) is 1. The third-order valence-electron chi connectivity index (χ3n) is 4.87. The summed E-state index contributed by atoms with van der Waals surface area (Å²) in [5.74, 6) is 1.33. The van der Waals surface area contributed by atoms with Crippen molar-refractivity contribution in [3.63, 3.8) is 0 Å². The zero-order valence-corrected chi connectivity index (χ0v) is 15.6. The first kappa shape index (κ1) is 17.0. The van der Waals surface area contributed by atoms with Crippen LogP contribution in [0.25, 0.3) is 0 Å². The molecule has 2 nitrogen and oxygen atoms in total. The highest BCUT2D eigenvalue weighted by molar-refractivity contribution is 9.13. The van der Waals surface area contributed by atoms with Gasteiger partial charge in [0.2, 0.25) is 0 Å². The van der Waals surface area contributed by atoms with Gasteiger partial charge in [0.1, 0.15) is 0 Å². The van der Waals surface area contributed by atoms with Crippen LogP contribution in [0.15, 0.2) is 27.1 Å². The Balaban J connectivity index is 2.21. The fraction of sp³-hybridized carbons (Fsp3) is 0.588. The molecule has 1 aliphatic carbocycles. The van der Waals surface area contributed by atoms with Crippen molar-refractivity contribution in [1.82, 2.24) is 0 Å². The molecule has 1 atom stereocenters. The summed E-state index contributed by atoms with van der Waals surface area (Å²) in [5, 5.41) is 20.5. The number of nitriles is 1. The molecule has 0 bridgehead atoms. The van der Waals surface area contributed by atoms with Gasteiger partial charge >= 0.3 is 0 Å². The predicted octanol–water partition coefficient (Wildman–Crippen LogP) is 5.60. The highest BCUT2D eigenvalue weighted by Gasteiger charge is 2.42. The minimum Gasteiger partial charge on any atom is -0.387 e. The Kier molecular flexibility index (Phi) is 5.51. The van der Waals surface area contributed by atoms with Crippen LogP contribution in [-0.4, -0.2) is 5.11 Å². The first-order valence-corrected chi connectivity index (χ1v) is 9.02. The van der Waals surface area contributed by atoms with Crippen molar-refractivity contribution in [3.8, 4) is 6.07 Å². The van der Waals surface area contributed by atoms with E-state index in [1.807, 2.05) is 18.2 Å². The van der Waals surface area contributed by atoms with Crippen LogP contribution in [0.2, 0.25) is 0 Å². The third-order valence-corrected chi connectivity index (χ3v) is 6.75. The Morgan fingerprint density at radius 1 is 1.24 bits per heavy atom. The van der Waals surface area contributed by atoms with Crippen LogP contribution < -0.4 is 0 Å². The molecule has 1 aromatic rings. The second-order valence-electron chi connectivity index (χ2n) is 6.43. The van der Waals surface area contributed by atoms with Crippen LogP contribution in [-0.2, 0) is 0 Å². The lowest BCUT2D eigenvalue weighted by molar-refractivity contribution is 0.0190. The van der Waals surface area contributed by atoms with Crippen LogP contribution in [0.1, 0.15) is 51.2 Å². The number of rotatable bonds is 3.